The van der Waals surface area contributed by atoms with Crippen LogP contribution < -0.4 is 0 Å². The number of rotatable bonds is 4. The van der Waals surface area contributed by atoms with E-state index in [4.69, 9.17) is 4.74 Å². The Morgan fingerprint density at radius 3 is 2.33 bits per heavy atom. The summed E-state index contributed by atoms with van der Waals surface area (Å²) in [5.41, 5.74) is 1.16. The molecule has 0 heterocycles. The molecule has 0 amide bonds. The van der Waals surface area contributed by atoms with Crippen LogP contribution in [0.1, 0.15) is 39.7 Å². The van der Waals surface area contributed by atoms with E-state index < -0.39 is 0 Å². The van der Waals surface area contributed by atoms with E-state index in [1.54, 1.807) is 0 Å². The smallest absolute Gasteiger partial charge is 0.307 e. The lowest BCUT2D eigenvalue weighted by atomic mass is 9.92. The van der Waals surface area contributed by atoms with Crippen LogP contribution in [0.25, 0.3) is 0 Å². The first-order valence-electron chi connectivity index (χ1n) is 6.32. The number of allylic oxidation sites excluding steroid dienone is 2. The molecule has 0 atom stereocenters. The Morgan fingerprint density at radius 2 is 1.83 bits per heavy atom. The second-order valence-corrected chi connectivity index (χ2v) is 5.44. The van der Waals surface area contributed by atoms with Crippen molar-refractivity contribution in [3.63, 3.8) is 0 Å². The van der Waals surface area contributed by atoms with Gasteiger partial charge in [0.15, 0.2) is 0 Å². The summed E-state index contributed by atoms with van der Waals surface area (Å²) < 4.78 is 5.27. The molecular formula is C16H22O2. The van der Waals surface area contributed by atoms with Crippen molar-refractivity contribution in [3.05, 3.63) is 47.7 Å². The van der Waals surface area contributed by atoms with E-state index in [0.29, 0.717) is 0 Å². The lowest BCUT2D eigenvalue weighted by Crippen LogP contribution is -2.15. The largest absolute Gasteiger partial charge is 0.431 e. The zero-order valence-corrected chi connectivity index (χ0v) is 11.7. The van der Waals surface area contributed by atoms with Crippen LogP contribution >= 0.6 is 0 Å². The molecule has 1 rings (SSSR count). The fourth-order valence-electron chi connectivity index (χ4n) is 1.67. The van der Waals surface area contributed by atoms with Crippen LogP contribution in [0.15, 0.2) is 42.2 Å². The molecule has 0 aliphatic rings. The number of hydrogen-bond donors (Lipinski definition) is 0. The van der Waals surface area contributed by atoms with Gasteiger partial charge in [0.25, 0.3) is 0 Å². The van der Waals surface area contributed by atoms with Crippen molar-refractivity contribution in [2.75, 3.05) is 0 Å². The van der Waals surface area contributed by atoms with E-state index in [1.165, 1.54) is 12.5 Å². The average Bonchev–Trinajstić information content (AvgIpc) is 2.27. The predicted octanol–water partition coefficient (Wildman–Crippen LogP) is 4.11. The number of aryl methyl sites for hydroxylation is 1. The van der Waals surface area contributed by atoms with Gasteiger partial charge in [0, 0.05) is 12.3 Å². The van der Waals surface area contributed by atoms with E-state index in [0.717, 1.165) is 18.6 Å². The Bertz CT molecular complexity index is 410. The van der Waals surface area contributed by atoms with E-state index in [1.807, 2.05) is 45.0 Å². The summed E-state index contributed by atoms with van der Waals surface area (Å²) in [6.45, 7) is 7.58. The minimum absolute atomic E-state index is 0.137. The zero-order valence-electron chi connectivity index (χ0n) is 11.7. The third-order valence-electron chi connectivity index (χ3n) is 2.60. The van der Waals surface area contributed by atoms with Gasteiger partial charge in [0.2, 0.25) is 0 Å². The van der Waals surface area contributed by atoms with Gasteiger partial charge in [-0.2, -0.15) is 0 Å². The first kappa shape index (κ1) is 14.5. The van der Waals surface area contributed by atoms with Gasteiger partial charge in [-0.1, -0.05) is 51.1 Å². The maximum absolute atomic E-state index is 11.1. The summed E-state index contributed by atoms with van der Waals surface area (Å²) in [6, 6.07) is 10.3. The summed E-state index contributed by atoms with van der Waals surface area (Å²) in [5, 5.41) is 0. The number of carbonyl (C=O) groups is 1. The molecule has 0 saturated heterocycles. The highest BCUT2D eigenvalue weighted by Gasteiger charge is 2.19. The van der Waals surface area contributed by atoms with Crippen LogP contribution in [0, 0.1) is 5.41 Å². The van der Waals surface area contributed by atoms with Crippen molar-refractivity contribution in [2.24, 2.45) is 5.41 Å². The number of carbonyl (C=O) groups excluding carboxylic acids is 1. The second kappa shape index (κ2) is 6.39. The van der Waals surface area contributed by atoms with E-state index in [2.05, 4.69) is 12.1 Å². The maximum Gasteiger partial charge on any atom is 0.307 e. The molecule has 1 aromatic carbocycles. The lowest BCUT2D eigenvalue weighted by Gasteiger charge is -2.21. The van der Waals surface area contributed by atoms with E-state index in [-0.39, 0.29) is 11.4 Å². The minimum atomic E-state index is -0.254. The van der Waals surface area contributed by atoms with Crippen LogP contribution in [0.2, 0.25) is 0 Å². The molecule has 0 bridgehead atoms. The zero-order chi connectivity index (χ0) is 13.6. The van der Waals surface area contributed by atoms with Crippen LogP contribution in [0.3, 0.4) is 0 Å². The fourth-order valence-corrected chi connectivity index (χ4v) is 1.67. The second-order valence-electron chi connectivity index (χ2n) is 5.44. The Labute approximate surface area is 110 Å². The van der Waals surface area contributed by atoms with Gasteiger partial charge in [-0.25, -0.2) is 0 Å². The third kappa shape index (κ3) is 5.17. The molecule has 0 aliphatic heterocycles. The summed E-state index contributed by atoms with van der Waals surface area (Å²) in [7, 11) is 0. The molecule has 0 N–H and O–H groups in total. The van der Waals surface area contributed by atoms with Gasteiger partial charge in [0.05, 0.1) is 0 Å². The number of hydrogen-bond acceptors (Lipinski definition) is 2. The van der Waals surface area contributed by atoms with Gasteiger partial charge in [0.1, 0.15) is 5.76 Å². The highest BCUT2D eigenvalue weighted by Crippen LogP contribution is 2.26. The van der Waals surface area contributed by atoms with E-state index >= 15 is 0 Å². The summed E-state index contributed by atoms with van der Waals surface area (Å²) in [4.78, 5) is 11.1. The monoisotopic (exact) mass is 246 g/mol. The Morgan fingerprint density at radius 1 is 1.22 bits per heavy atom. The molecule has 0 aromatic heterocycles. The summed E-state index contributed by atoms with van der Waals surface area (Å²) >= 11 is 0. The molecule has 0 saturated carbocycles. The number of benzene rings is 1. The standard InChI is InChI=1S/C16H22O2/c1-13(17)18-15(16(2,3)4)12-8-11-14-9-6-5-7-10-14/h5-7,9-10,12H,8,11H2,1-4H3/b15-12-. The van der Waals surface area contributed by atoms with Crippen molar-refractivity contribution >= 4 is 5.97 Å². The minimum Gasteiger partial charge on any atom is -0.431 e. The van der Waals surface area contributed by atoms with Crippen molar-refractivity contribution < 1.29 is 9.53 Å². The van der Waals surface area contributed by atoms with Gasteiger partial charge in [-0.05, 0) is 24.5 Å². The molecule has 0 fully saturated rings. The number of esters is 1. The molecule has 2 nitrogen and oxygen atoms in total. The Kier molecular flexibility index (Phi) is 5.14. The van der Waals surface area contributed by atoms with Crippen LogP contribution in [-0.4, -0.2) is 5.97 Å². The molecule has 18 heavy (non-hydrogen) atoms. The molecular weight excluding hydrogens is 224 g/mol. The van der Waals surface area contributed by atoms with Gasteiger partial charge < -0.3 is 4.74 Å². The average molecular weight is 246 g/mol. The first-order chi connectivity index (χ1) is 8.39. The van der Waals surface area contributed by atoms with Crippen molar-refractivity contribution in [1.29, 1.82) is 0 Å². The van der Waals surface area contributed by atoms with Crippen LogP contribution in [0.5, 0.6) is 0 Å². The van der Waals surface area contributed by atoms with Crippen LogP contribution in [0.4, 0.5) is 0 Å². The molecule has 0 unspecified atom stereocenters. The first-order valence-corrected chi connectivity index (χ1v) is 6.32. The van der Waals surface area contributed by atoms with Gasteiger partial charge in [-0.15, -0.1) is 0 Å². The SMILES string of the molecule is CC(=O)O/C(=C\CCc1ccccc1)C(C)(C)C. The quantitative estimate of drug-likeness (QED) is 0.590. The Hall–Kier alpha value is -1.57. The van der Waals surface area contributed by atoms with Crippen molar-refractivity contribution in [1.82, 2.24) is 0 Å². The summed E-state index contributed by atoms with van der Waals surface area (Å²) in [6.07, 6.45) is 3.86. The maximum atomic E-state index is 11.1. The highest BCUT2D eigenvalue weighted by molar-refractivity contribution is 5.67. The number of ether oxygens (including phenoxy) is 1. The topological polar surface area (TPSA) is 26.3 Å². The molecule has 0 aliphatic carbocycles. The molecule has 0 radical (unpaired) electrons. The van der Waals surface area contributed by atoms with Gasteiger partial charge in [-0.3, -0.25) is 4.79 Å². The molecule has 98 valence electrons. The van der Waals surface area contributed by atoms with Crippen molar-refractivity contribution in [3.8, 4) is 0 Å². The molecule has 2 heteroatoms. The van der Waals surface area contributed by atoms with E-state index in [9.17, 15) is 4.79 Å². The normalized spacial score (nSPS) is 12.3. The molecule has 1 aromatic rings. The summed E-state index contributed by atoms with van der Waals surface area (Å²) in [5.74, 6) is 0.502. The van der Waals surface area contributed by atoms with Crippen molar-refractivity contribution in [2.45, 2.75) is 40.5 Å². The molecule has 0 spiro atoms. The predicted molar refractivity (Wildman–Crippen MR) is 74.1 cm³/mol. The highest BCUT2D eigenvalue weighted by atomic mass is 16.5. The fraction of sp³-hybridized carbons (Fsp3) is 0.438. The van der Waals surface area contributed by atoms with Gasteiger partial charge >= 0.3 is 5.97 Å². The Balaban J connectivity index is 2.64. The lowest BCUT2D eigenvalue weighted by molar-refractivity contribution is -0.138. The van der Waals surface area contributed by atoms with Crippen LogP contribution in [-0.2, 0) is 16.0 Å². The third-order valence-corrected chi connectivity index (χ3v) is 2.60.